The van der Waals surface area contributed by atoms with E-state index >= 15 is 0 Å². The van der Waals surface area contributed by atoms with Gasteiger partial charge in [-0.2, -0.15) is 23.0 Å². The quantitative estimate of drug-likeness (QED) is 0.264. The molecule has 34 heavy (non-hydrogen) atoms. The zero-order chi connectivity index (χ0) is 24.9. The number of anilines is 1. The van der Waals surface area contributed by atoms with Gasteiger partial charge < -0.3 is 8.92 Å². The summed E-state index contributed by atoms with van der Waals surface area (Å²) in [6, 6.07) is 13.4. The van der Waals surface area contributed by atoms with Gasteiger partial charge in [-0.05, 0) is 35.9 Å². The molecular weight excluding hydrogens is 504 g/mol. The summed E-state index contributed by atoms with van der Waals surface area (Å²) >= 11 is 0.648. The fourth-order valence-corrected chi connectivity index (χ4v) is 4.89. The number of carbonyl (C=O) groups is 1. The van der Waals surface area contributed by atoms with Crippen LogP contribution in [0.25, 0.3) is 6.08 Å². The highest BCUT2D eigenvalue weighted by atomic mass is 32.2. The molecule has 1 amide bonds. The van der Waals surface area contributed by atoms with Crippen LogP contribution in [0.5, 0.6) is 11.5 Å². The molecule has 176 valence electrons. The van der Waals surface area contributed by atoms with E-state index < -0.39 is 31.0 Å². The van der Waals surface area contributed by atoms with E-state index in [0.29, 0.717) is 17.1 Å². The van der Waals surface area contributed by atoms with Crippen molar-refractivity contribution >= 4 is 48.6 Å². The predicted octanol–water partition coefficient (Wildman–Crippen LogP) is 2.26. The molecule has 0 fully saturated rings. The van der Waals surface area contributed by atoms with Gasteiger partial charge in [-0.15, -0.1) is 0 Å². The van der Waals surface area contributed by atoms with Crippen molar-refractivity contribution in [2.45, 2.75) is 10.1 Å². The Balaban J connectivity index is 1.83. The van der Waals surface area contributed by atoms with Gasteiger partial charge >= 0.3 is 10.1 Å². The molecule has 11 nitrogen and oxygen atoms in total. The van der Waals surface area contributed by atoms with Gasteiger partial charge in [0.05, 0.1) is 7.11 Å². The minimum absolute atomic E-state index is 0.0415. The monoisotopic (exact) mass is 520 g/mol. The number of methoxy groups -OCH3 is 1. The Morgan fingerprint density at radius 1 is 1.12 bits per heavy atom. The lowest BCUT2D eigenvalue weighted by Gasteiger charge is -2.11. The summed E-state index contributed by atoms with van der Waals surface area (Å²) in [7, 11) is -6.45. The molecular formula is C20H16N4O7S3. The molecule has 0 saturated heterocycles. The Morgan fingerprint density at radius 2 is 1.82 bits per heavy atom. The van der Waals surface area contributed by atoms with E-state index in [2.05, 4.69) is 14.7 Å². The van der Waals surface area contributed by atoms with Crippen LogP contribution < -0.4 is 14.2 Å². The van der Waals surface area contributed by atoms with Crippen molar-refractivity contribution in [2.75, 3.05) is 18.7 Å². The number of sulfone groups is 1. The topological polar surface area (TPSA) is 165 Å². The highest BCUT2D eigenvalue weighted by Gasteiger charge is 2.20. The van der Waals surface area contributed by atoms with Gasteiger partial charge in [0, 0.05) is 17.8 Å². The normalized spacial score (nSPS) is 12.0. The number of carbonyl (C=O) groups excluding carboxylic acids is 1. The first-order valence-corrected chi connectivity index (χ1v) is 13.3. The summed E-state index contributed by atoms with van der Waals surface area (Å²) < 4.78 is 61.9. The second-order valence-corrected chi connectivity index (χ2v) is 10.7. The highest BCUT2D eigenvalue weighted by molar-refractivity contribution is 7.90. The van der Waals surface area contributed by atoms with E-state index in [1.165, 1.54) is 43.5 Å². The fourth-order valence-electron chi connectivity index (χ4n) is 2.49. The summed E-state index contributed by atoms with van der Waals surface area (Å²) in [6.45, 7) is 0. The molecule has 3 rings (SSSR count). The Hall–Kier alpha value is -3.80. The van der Waals surface area contributed by atoms with Crippen molar-refractivity contribution in [1.29, 1.82) is 5.26 Å². The standard InChI is InChI=1S/C20H16N4O7S3/c1-30-17-11-13(8-9-16(17)31-34(28,29)15-6-4-3-5-7-15)10-14(12-21)18(25)22-19-23-20(24-32-19)33(2,26)27/h3-11H,1-2H3,(H,22,23,24,25)/b14-10-. The van der Waals surface area contributed by atoms with Crippen molar-refractivity contribution < 1.29 is 30.6 Å². The smallest absolute Gasteiger partial charge is 0.339 e. The number of benzene rings is 2. The summed E-state index contributed by atoms with van der Waals surface area (Å²) in [5, 5.41) is 11.2. The van der Waals surface area contributed by atoms with Crippen LogP contribution in [-0.4, -0.2) is 45.5 Å². The van der Waals surface area contributed by atoms with Gasteiger partial charge in [-0.3, -0.25) is 10.1 Å². The van der Waals surface area contributed by atoms with Crippen molar-refractivity contribution in [3.8, 4) is 17.6 Å². The summed E-state index contributed by atoms with van der Waals surface area (Å²) in [5.41, 5.74) is 0.00540. The molecule has 0 radical (unpaired) electrons. The van der Waals surface area contributed by atoms with Crippen LogP contribution >= 0.6 is 11.5 Å². The number of hydrogen-bond acceptors (Lipinski definition) is 11. The maximum absolute atomic E-state index is 12.5. The zero-order valence-corrected chi connectivity index (χ0v) is 20.1. The largest absolute Gasteiger partial charge is 0.493 e. The van der Waals surface area contributed by atoms with E-state index in [9.17, 15) is 26.9 Å². The number of nitrogens with one attached hydrogen (secondary N) is 1. The van der Waals surface area contributed by atoms with Crippen LogP contribution in [0.4, 0.5) is 5.13 Å². The molecule has 0 aliphatic rings. The van der Waals surface area contributed by atoms with Crippen LogP contribution in [0.1, 0.15) is 5.56 Å². The average molecular weight is 521 g/mol. The van der Waals surface area contributed by atoms with Crippen molar-refractivity contribution in [1.82, 2.24) is 9.36 Å². The minimum Gasteiger partial charge on any atom is -0.493 e. The van der Waals surface area contributed by atoms with E-state index in [1.54, 1.807) is 24.3 Å². The molecule has 0 unspecified atom stereocenters. The van der Waals surface area contributed by atoms with Crippen LogP contribution in [-0.2, 0) is 24.7 Å². The van der Waals surface area contributed by atoms with Gasteiger partial charge in [0.25, 0.3) is 11.1 Å². The van der Waals surface area contributed by atoms with Crippen molar-refractivity contribution in [2.24, 2.45) is 0 Å². The summed E-state index contributed by atoms with van der Waals surface area (Å²) in [4.78, 5) is 16.1. The lowest BCUT2D eigenvalue weighted by molar-refractivity contribution is -0.112. The average Bonchev–Trinajstić information content (AvgIpc) is 3.27. The first kappa shape index (κ1) is 24.8. The molecule has 14 heteroatoms. The second-order valence-electron chi connectivity index (χ2n) is 6.54. The lowest BCUT2D eigenvalue weighted by Crippen LogP contribution is -2.13. The molecule has 0 atom stereocenters. The number of nitriles is 1. The zero-order valence-electron chi connectivity index (χ0n) is 17.6. The number of hydrogen-bond donors (Lipinski definition) is 1. The third-order valence-corrected chi connectivity index (χ3v) is 6.90. The summed E-state index contributed by atoms with van der Waals surface area (Å²) in [5.74, 6) is -0.883. The molecule has 1 heterocycles. The number of aromatic nitrogens is 2. The number of ether oxygens (including phenoxy) is 1. The SMILES string of the molecule is COc1cc(/C=C(/C#N)C(=O)Nc2nc(S(C)(=O)=O)ns2)ccc1OS(=O)(=O)c1ccccc1. The van der Waals surface area contributed by atoms with Crippen LogP contribution in [0.2, 0.25) is 0 Å². The third-order valence-electron chi connectivity index (χ3n) is 4.05. The Labute approximate surface area is 199 Å². The molecule has 0 spiro atoms. The highest BCUT2D eigenvalue weighted by Crippen LogP contribution is 2.31. The van der Waals surface area contributed by atoms with E-state index in [4.69, 9.17) is 8.92 Å². The lowest BCUT2D eigenvalue weighted by atomic mass is 10.1. The molecule has 1 aromatic heterocycles. The molecule has 0 aliphatic heterocycles. The van der Waals surface area contributed by atoms with Crippen molar-refractivity contribution in [3.63, 3.8) is 0 Å². The molecule has 1 N–H and O–H groups in total. The van der Waals surface area contributed by atoms with Crippen LogP contribution in [0.15, 0.2) is 64.2 Å². The van der Waals surface area contributed by atoms with Gasteiger partial charge in [0.15, 0.2) is 11.5 Å². The van der Waals surface area contributed by atoms with E-state index in [0.717, 1.165) is 6.26 Å². The van der Waals surface area contributed by atoms with Gasteiger partial charge in [-0.1, -0.05) is 24.3 Å². The first-order chi connectivity index (χ1) is 16.0. The first-order valence-electron chi connectivity index (χ1n) is 9.18. The molecule has 3 aromatic rings. The van der Waals surface area contributed by atoms with Gasteiger partial charge in [0.1, 0.15) is 16.5 Å². The summed E-state index contributed by atoms with van der Waals surface area (Å²) in [6.07, 6.45) is 2.15. The fraction of sp³-hybridized carbons (Fsp3) is 0.100. The van der Waals surface area contributed by atoms with Crippen LogP contribution in [0, 0.1) is 11.3 Å². The minimum atomic E-state index is -4.11. The molecule has 2 aromatic carbocycles. The van der Waals surface area contributed by atoms with Crippen molar-refractivity contribution in [3.05, 3.63) is 59.7 Å². The predicted molar refractivity (Wildman–Crippen MR) is 122 cm³/mol. The Bertz CT molecular complexity index is 1510. The maximum Gasteiger partial charge on any atom is 0.339 e. The van der Waals surface area contributed by atoms with Gasteiger partial charge in [0.2, 0.25) is 15.0 Å². The van der Waals surface area contributed by atoms with E-state index in [1.807, 2.05) is 0 Å². The second kappa shape index (κ2) is 10.00. The molecule has 0 saturated carbocycles. The Kier molecular flexibility index (Phi) is 7.30. The molecule has 0 aliphatic carbocycles. The number of amides is 1. The van der Waals surface area contributed by atoms with E-state index in [-0.39, 0.29) is 27.1 Å². The maximum atomic E-state index is 12.5. The third kappa shape index (κ3) is 5.95. The molecule has 0 bridgehead atoms. The Morgan fingerprint density at radius 3 is 2.41 bits per heavy atom. The van der Waals surface area contributed by atoms with Gasteiger partial charge in [-0.25, -0.2) is 8.42 Å². The number of nitrogens with zero attached hydrogens (tertiary/aromatic N) is 3. The number of rotatable bonds is 8. The van der Waals surface area contributed by atoms with Crippen LogP contribution in [0.3, 0.4) is 0 Å².